The molecule has 3 N–H and O–H groups in total. The lowest BCUT2D eigenvalue weighted by Gasteiger charge is -2.38. The van der Waals surface area contributed by atoms with Crippen LogP contribution in [0, 0.1) is 5.92 Å². The Hall–Kier alpha value is -2.04. The zero-order valence-electron chi connectivity index (χ0n) is 9.30. The van der Waals surface area contributed by atoms with Gasteiger partial charge in [0.2, 0.25) is 0 Å². The van der Waals surface area contributed by atoms with Gasteiger partial charge in [-0.1, -0.05) is 0 Å². The third kappa shape index (κ3) is 2.55. The van der Waals surface area contributed by atoms with Gasteiger partial charge in [0, 0.05) is 30.3 Å². The molecule has 1 aromatic carbocycles. The predicted molar refractivity (Wildman–Crippen MR) is 62.5 cm³/mol. The smallest absolute Gasteiger partial charge is 0.303 e. The quantitative estimate of drug-likeness (QED) is 0.758. The lowest BCUT2D eigenvalue weighted by atomic mass is 9.95. The number of anilines is 1. The molecule has 5 nitrogen and oxygen atoms in total. The standard InChI is InChI=1S/C12H14N2O3/c13-10-3-1-9(2-4-10)12(17)14-6-8(7-14)5-11(15)16/h1-4,8H,5-7,13H2,(H,15,16). The van der Waals surface area contributed by atoms with E-state index in [4.69, 9.17) is 10.8 Å². The minimum Gasteiger partial charge on any atom is -0.481 e. The van der Waals surface area contributed by atoms with Crippen molar-refractivity contribution in [1.82, 2.24) is 4.90 Å². The van der Waals surface area contributed by atoms with Gasteiger partial charge in [-0.25, -0.2) is 0 Å². The number of carboxylic acid groups (broad SMARTS) is 1. The van der Waals surface area contributed by atoms with E-state index < -0.39 is 5.97 Å². The predicted octanol–water partition coefficient (Wildman–Crippen LogP) is 0.815. The van der Waals surface area contributed by atoms with Crippen LogP contribution in [0.2, 0.25) is 0 Å². The lowest BCUT2D eigenvalue weighted by molar-refractivity contribution is -0.139. The van der Waals surface area contributed by atoms with Crippen LogP contribution in [0.15, 0.2) is 24.3 Å². The third-order valence-electron chi connectivity index (χ3n) is 2.87. The number of carbonyl (C=O) groups is 2. The average Bonchev–Trinajstić information content (AvgIpc) is 2.23. The fourth-order valence-corrected chi connectivity index (χ4v) is 1.92. The van der Waals surface area contributed by atoms with Crippen molar-refractivity contribution in [3.05, 3.63) is 29.8 Å². The van der Waals surface area contributed by atoms with E-state index in [-0.39, 0.29) is 18.2 Å². The monoisotopic (exact) mass is 234 g/mol. The molecule has 1 heterocycles. The number of aliphatic carboxylic acids is 1. The summed E-state index contributed by atoms with van der Waals surface area (Å²) < 4.78 is 0. The van der Waals surface area contributed by atoms with Crippen molar-refractivity contribution in [2.45, 2.75) is 6.42 Å². The van der Waals surface area contributed by atoms with Gasteiger partial charge in [0.15, 0.2) is 0 Å². The minimum absolute atomic E-state index is 0.0633. The number of nitrogens with two attached hydrogens (primary N) is 1. The molecule has 0 spiro atoms. The van der Waals surface area contributed by atoms with Crippen LogP contribution in [0.4, 0.5) is 5.69 Å². The summed E-state index contributed by atoms with van der Waals surface area (Å²) >= 11 is 0. The van der Waals surface area contributed by atoms with E-state index in [9.17, 15) is 9.59 Å². The maximum Gasteiger partial charge on any atom is 0.303 e. The number of nitrogen functional groups attached to an aromatic ring is 1. The molecular weight excluding hydrogens is 220 g/mol. The molecule has 1 amide bonds. The van der Waals surface area contributed by atoms with Crippen molar-refractivity contribution >= 4 is 17.6 Å². The second kappa shape index (κ2) is 4.45. The molecule has 1 fully saturated rings. The summed E-state index contributed by atoms with van der Waals surface area (Å²) in [7, 11) is 0. The highest BCUT2D eigenvalue weighted by molar-refractivity contribution is 5.95. The molecule has 0 unspecified atom stereocenters. The summed E-state index contributed by atoms with van der Waals surface area (Å²) in [6.45, 7) is 1.05. The van der Waals surface area contributed by atoms with Crippen LogP contribution in [0.25, 0.3) is 0 Å². The Labute approximate surface area is 98.8 Å². The Balaban J connectivity index is 1.91. The zero-order valence-corrected chi connectivity index (χ0v) is 9.30. The number of hydrogen-bond acceptors (Lipinski definition) is 3. The van der Waals surface area contributed by atoms with Crippen LogP contribution in [-0.2, 0) is 4.79 Å². The van der Waals surface area contributed by atoms with Crippen LogP contribution >= 0.6 is 0 Å². The maximum absolute atomic E-state index is 11.9. The first-order valence-electron chi connectivity index (χ1n) is 5.43. The summed E-state index contributed by atoms with van der Waals surface area (Å²) in [6.07, 6.45) is 0.130. The molecule has 0 saturated carbocycles. The fraction of sp³-hybridized carbons (Fsp3) is 0.333. The number of carbonyl (C=O) groups excluding carboxylic acids is 1. The normalized spacial score (nSPS) is 15.4. The molecule has 1 aromatic rings. The molecule has 0 bridgehead atoms. The van der Waals surface area contributed by atoms with E-state index in [0.29, 0.717) is 24.3 Å². The highest BCUT2D eigenvalue weighted by Crippen LogP contribution is 2.21. The van der Waals surface area contributed by atoms with Crippen molar-refractivity contribution in [2.75, 3.05) is 18.8 Å². The zero-order chi connectivity index (χ0) is 12.4. The van der Waals surface area contributed by atoms with Gasteiger partial charge >= 0.3 is 5.97 Å². The lowest BCUT2D eigenvalue weighted by Crippen LogP contribution is -2.50. The number of carboxylic acids is 1. The van der Waals surface area contributed by atoms with Gasteiger partial charge < -0.3 is 15.7 Å². The van der Waals surface area contributed by atoms with Crippen LogP contribution in [-0.4, -0.2) is 35.0 Å². The second-order valence-corrected chi connectivity index (χ2v) is 4.30. The molecule has 5 heteroatoms. The highest BCUT2D eigenvalue weighted by atomic mass is 16.4. The Morgan fingerprint density at radius 3 is 2.41 bits per heavy atom. The topological polar surface area (TPSA) is 83.6 Å². The van der Waals surface area contributed by atoms with Crippen LogP contribution < -0.4 is 5.73 Å². The van der Waals surface area contributed by atoms with Gasteiger partial charge in [-0.15, -0.1) is 0 Å². The summed E-state index contributed by atoms with van der Waals surface area (Å²) in [5.74, 6) is -0.786. The molecule has 1 aliphatic heterocycles. The Kier molecular flexibility index (Phi) is 2.99. The van der Waals surface area contributed by atoms with Crippen molar-refractivity contribution in [3.8, 4) is 0 Å². The number of nitrogens with zero attached hydrogens (tertiary/aromatic N) is 1. The summed E-state index contributed by atoms with van der Waals surface area (Å²) in [5.41, 5.74) is 6.75. The molecule has 17 heavy (non-hydrogen) atoms. The Morgan fingerprint density at radius 1 is 1.29 bits per heavy atom. The molecule has 1 saturated heterocycles. The van der Waals surface area contributed by atoms with Crippen LogP contribution in [0.1, 0.15) is 16.8 Å². The molecule has 90 valence electrons. The summed E-state index contributed by atoms with van der Waals surface area (Å²) in [6, 6.07) is 6.73. The van der Waals surface area contributed by atoms with Crippen molar-refractivity contribution in [2.24, 2.45) is 5.92 Å². The van der Waals surface area contributed by atoms with Gasteiger partial charge in [0.05, 0.1) is 6.42 Å². The van der Waals surface area contributed by atoms with Crippen LogP contribution in [0.3, 0.4) is 0 Å². The molecule has 1 aliphatic rings. The highest BCUT2D eigenvalue weighted by Gasteiger charge is 2.32. The van der Waals surface area contributed by atoms with Crippen molar-refractivity contribution < 1.29 is 14.7 Å². The first-order chi connectivity index (χ1) is 8.06. The third-order valence-corrected chi connectivity index (χ3v) is 2.87. The summed E-state index contributed by atoms with van der Waals surface area (Å²) in [5, 5.41) is 8.60. The molecule has 0 aliphatic carbocycles. The van der Waals surface area contributed by atoms with E-state index in [2.05, 4.69) is 0 Å². The summed E-state index contributed by atoms with van der Waals surface area (Å²) in [4.78, 5) is 24.0. The number of benzene rings is 1. The molecule has 0 radical (unpaired) electrons. The van der Waals surface area contributed by atoms with Gasteiger partial charge in [-0.2, -0.15) is 0 Å². The largest absolute Gasteiger partial charge is 0.481 e. The Bertz CT molecular complexity index is 436. The van der Waals surface area contributed by atoms with E-state index >= 15 is 0 Å². The van der Waals surface area contributed by atoms with Crippen molar-refractivity contribution in [3.63, 3.8) is 0 Å². The SMILES string of the molecule is Nc1ccc(C(=O)N2CC(CC(=O)O)C2)cc1. The first kappa shape index (κ1) is 11.4. The minimum atomic E-state index is -0.811. The number of hydrogen-bond donors (Lipinski definition) is 2. The number of amides is 1. The van der Waals surface area contributed by atoms with E-state index in [0.717, 1.165) is 0 Å². The number of likely N-dealkylation sites (tertiary alicyclic amines) is 1. The van der Waals surface area contributed by atoms with Gasteiger partial charge in [0.25, 0.3) is 5.91 Å². The molecule has 2 rings (SSSR count). The van der Waals surface area contributed by atoms with E-state index in [1.165, 1.54) is 0 Å². The van der Waals surface area contributed by atoms with Gasteiger partial charge in [-0.05, 0) is 24.3 Å². The second-order valence-electron chi connectivity index (χ2n) is 4.30. The Morgan fingerprint density at radius 2 is 1.88 bits per heavy atom. The van der Waals surface area contributed by atoms with Gasteiger partial charge in [-0.3, -0.25) is 9.59 Å². The average molecular weight is 234 g/mol. The van der Waals surface area contributed by atoms with Gasteiger partial charge in [0.1, 0.15) is 0 Å². The number of rotatable bonds is 3. The molecular formula is C12H14N2O3. The van der Waals surface area contributed by atoms with Crippen molar-refractivity contribution in [1.29, 1.82) is 0 Å². The first-order valence-corrected chi connectivity index (χ1v) is 5.43. The van der Waals surface area contributed by atoms with E-state index in [1.807, 2.05) is 0 Å². The maximum atomic E-state index is 11.9. The molecule has 0 aromatic heterocycles. The van der Waals surface area contributed by atoms with Crippen LogP contribution in [0.5, 0.6) is 0 Å². The fourth-order valence-electron chi connectivity index (χ4n) is 1.92. The molecule has 0 atom stereocenters. The van der Waals surface area contributed by atoms with E-state index in [1.54, 1.807) is 29.2 Å².